The lowest BCUT2D eigenvalue weighted by molar-refractivity contribution is 0.0624. The first-order chi connectivity index (χ1) is 7.63. The van der Waals surface area contributed by atoms with Gasteiger partial charge in [0.2, 0.25) is 0 Å². The minimum atomic E-state index is 0.0186. The van der Waals surface area contributed by atoms with E-state index in [4.69, 9.17) is 14.2 Å². The van der Waals surface area contributed by atoms with Gasteiger partial charge in [0.25, 0.3) is 0 Å². The molecule has 3 heteroatoms. The summed E-state index contributed by atoms with van der Waals surface area (Å²) >= 11 is 0. The highest BCUT2D eigenvalue weighted by atomic mass is 16.5. The minimum Gasteiger partial charge on any atom is -0.497 e. The molecule has 0 aliphatic rings. The third kappa shape index (κ3) is 2.67. The third-order valence-electron chi connectivity index (χ3n) is 2.60. The van der Waals surface area contributed by atoms with E-state index in [-0.39, 0.29) is 6.10 Å². The molecule has 0 N–H and O–H groups in total. The van der Waals surface area contributed by atoms with Gasteiger partial charge in [0.05, 0.1) is 20.3 Å². The van der Waals surface area contributed by atoms with E-state index in [1.54, 1.807) is 21.3 Å². The van der Waals surface area contributed by atoms with Crippen LogP contribution in [0, 0.1) is 5.92 Å². The van der Waals surface area contributed by atoms with Crippen molar-refractivity contribution in [2.45, 2.75) is 20.0 Å². The second-order valence-electron chi connectivity index (χ2n) is 4.01. The fraction of sp³-hybridized carbons (Fsp3) is 0.538. The topological polar surface area (TPSA) is 27.7 Å². The molecule has 0 radical (unpaired) electrons. The number of benzene rings is 1. The number of rotatable bonds is 5. The molecule has 0 amide bonds. The van der Waals surface area contributed by atoms with E-state index in [0.29, 0.717) is 5.92 Å². The van der Waals surface area contributed by atoms with Crippen LogP contribution in [-0.2, 0) is 4.74 Å². The quantitative estimate of drug-likeness (QED) is 0.769. The van der Waals surface area contributed by atoms with Crippen LogP contribution in [0.2, 0.25) is 0 Å². The van der Waals surface area contributed by atoms with Crippen LogP contribution in [0.4, 0.5) is 0 Å². The highest BCUT2D eigenvalue weighted by Gasteiger charge is 2.19. The molecule has 3 nitrogen and oxygen atoms in total. The van der Waals surface area contributed by atoms with Gasteiger partial charge in [0, 0.05) is 12.7 Å². The van der Waals surface area contributed by atoms with E-state index in [9.17, 15) is 0 Å². The van der Waals surface area contributed by atoms with Gasteiger partial charge in [-0.1, -0.05) is 13.8 Å². The summed E-state index contributed by atoms with van der Waals surface area (Å²) in [5.41, 5.74) is 1.03. The Morgan fingerprint density at radius 2 is 1.69 bits per heavy atom. The van der Waals surface area contributed by atoms with Crippen molar-refractivity contribution in [2.75, 3.05) is 21.3 Å². The lowest BCUT2D eigenvalue weighted by atomic mass is 9.98. The summed E-state index contributed by atoms with van der Waals surface area (Å²) in [5.74, 6) is 2.03. The van der Waals surface area contributed by atoms with Gasteiger partial charge in [-0.2, -0.15) is 0 Å². The Hall–Kier alpha value is -1.22. The van der Waals surface area contributed by atoms with Crippen molar-refractivity contribution in [1.29, 1.82) is 0 Å². The molecule has 0 spiro atoms. The van der Waals surface area contributed by atoms with Gasteiger partial charge in [-0.3, -0.25) is 0 Å². The predicted molar refractivity (Wildman–Crippen MR) is 64.1 cm³/mol. The molecule has 0 aromatic heterocycles. The van der Waals surface area contributed by atoms with Crippen molar-refractivity contribution in [2.24, 2.45) is 5.92 Å². The summed E-state index contributed by atoms with van der Waals surface area (Å²) in [6, 6.07) is 5.75. The van der Waals surface area contributed by atoms with Crippen LogP contribution in [0.25, 0.3) is 0 Å². The Morgan fingerprint density at radius 1 is 1.00 bits per heavy atom. The van der Waals surface area contributed by atoms with Crippen LogP contribution in [0.1, 0.15) is 25.5 Å². The van der Waals surface area contributed by atoms with Crippen LogP contribution in [-0.4, -0.2) is 21.3 Å². The molecule has 1 aromatic rings. The van der Waals surface area contributed by atoms with Crippen LogP contribution in [0.15, 0.2) is 18.2 Å². The molecule has 90 valence electrons. The fourth-order valence-corrected chi connectivity index (χ4v) is 1.82. The molecular weight excluding hydrogens is 204 g/mol. The Labute approximate surface area is 97.3 Å². The summed E-state index contributed by atoms with van der Waals surface area (Å²) < 4.78 is 16.1. The lowest BCUT2D eigenvalue weighted by Gasteiger charge is -2.22. The predicted octanol–water partition coefficient (Wildman–Crippen LogP) is 3.05. The molecule has 0 heterocycles. The van der Waals surface area contributed by atoms with Crippen molar-refractivity contribution in [3.63, 3.8) is 0 Å². The standard InChI is InChI=1S/C13H20O3/c1-9(2)13(16-5)11-8-10(14-3)6-7-12(11)15-4/h6-9,13H,1-5H3. The van der Waals surface area contributed by atoms with Gasteiger partial charge in [0.15, 0.2) is 0 Å². The molecule has 0 aliphatic heterocycles. The second kappa shape index (κ2) is 5.75. The molecular formula is C13H20O3. The second-order valence-corrected chi connectivity index (χ2v) is 4.01. The summed E-state index contributed by atoms with van der Waals surface area (Å²) in [6.45, 7) is 4.24. The van der Waals surface area contributed by atoms with Crippen LogP contribution in [0.5, 0.6) is 11.5 Å². The van der Waals surface area contributed by atoms with E-state index >= 15 is 0 Å². The molecule has 0 bridgehead atoms. The van der Waals surface area contributed by atoms with Crippen LogP contribution < -0.4 is 9.47 Å². The van der Waals surface area contributed by atoms with Gasteiger partial charge in [-0.15, -0.1) is 0 Å². The van der Waals surface area contributed by atoms with Gasteiger partial charge < -0.3 is 14.2 Å². The zero-order valence-corrected chi connectivity index (χ0v) is 10.6. The molecule has 1 aromatic carbocycles. The van der Waals surface area contributed by atoms with E-state index in [2.05, 4.69) is 13.8 Å². The van der Waals surface area contributed by atoms with E-state index in [1.807, 2.05) is 18.2 Å². The smallest absolute Gasteiger partial charge is 0.124 e. The zero-order chi connectivity index (χ0) is 12.1. The summed E-state index contributed by atoms with van der Waals surface area (Å²) in [7, 11) is 5.03. The molecule has 0 saturated carbocycles. The Balaban J connectivity index is 3.15. The third-order valence-corrected chi connectivity index (χ3v) is 2.60. The van der Waals surface area contributed by atoms with Crippen molar-refractivity contribution in [1.82, 2.24) is 0 Å². The van der Waals surface area contributed by atoms with E-state index in [0.717, 1.165) is 17.1 Å². The summed E-state index contributed by atoms with van der Waals surface area (Å²) in [5, 5.41) is 0. The average molecular weight is 224 g/mol. The highest BCUT2D eigenvalue weighted by Crippen LogP contribution is 2.34. The largest absolute Gasteiger partial charge is 0.497 e. The minimum absolute atomic E-state index is 0.0186. The maximum atomic E-state index is 5.50. The maximum Gasteiger partial charge on any atom is 0.124 e. The van der Waals surface area contributed by atoms with Crippen LogP contribution in [0.3, 0.4) is 0 Å². The maximum absolute atomic E-state index is 5.50. The number of ether oxygens (including phenoxy) is 3. The highest BCUT2D eigenvalue weighted by molar-refractivity contribution is 5.41. The average Bonchev–Trinajstić information content (AvgIpc) is 2.29. The molecule has 1 rings (SSSR count). The first-order valence-corrected chi connectivity index (χ1v) is 5.38. The van der Waals surface area contributed by atoms with Gasteiger partial charge in [-0.05, 0) is 24.1 Å². The van der Waals surface area contributed by atoms with Crippen molar-refractivity contribution < 1.29 is 14.2 Å². The summed E-state index contributed by atoms with van der Waals surface area (Å²) in [6.07, 6.45) is 0.0186. The fourth-order valence-electron chi connectivity index (χ4n) is 1.82. The molecule has 1 atom stereocenters. The van der Waals surface area contributed by atoms with Gasteiger partial charge >= 0.3 is 0 Å². The molecule has 0 fully saturated rings. The van der Waals surface area contributed by atoms with Gasteiger partial charge in [0.1, 0.15) is 11.5 Å². The number of hydrogen-bond acceptors (Lipinski definition) is 3. The van der Waals surface area contributed by atoms with Crippen LogP contribution >= 0.6 is 0 Å². The van der Waals surface area contributed by atoms with E-state index in [1.165, 1.54) is 0 Å². The summed E-state index contributed by atoms with van der Waals surface area (Å²) in [4.78, 5) is 0. The Morgan fingerprint density at radius 3 is 2.12 bits per heavy atom. The Bertz CT molecular complexity index is 334. The number of methoxy groups -OCH3 is 3. The van der Waals surface area contributed by atoms with E-state index < -0.39 is 0 Å². The normalized spacial score (nSPS) is 12.6. The van der Waals surface area contributed by atoms with Gasteiger partial charge in [-0.25, -0.2) is 0 Å². The first kappa shape index (κ1) is 12.8. The Kier molecular flexibility index (Phi) is 4.62. The van der Waals surface area contributed by atoms with Crippen molar-refractivity contribution >= 4 is 0 Å². The zero-order valence-electron chi connectivity index (χ0n) is 10.6. The molecule has 16 heavy (non-hydrogen) atoms. The lowest BCUT2D eigenvalue weighted by Crippen LogP contribution is -2.10. The molecule has 0 aliphatic carbocycles. The molecule has 1 unspecified atom stereocenters. The number of hydrogen-bond donors (Lipinski definition) is 0. The molecule has 0 saturated heterocycles. The van der Waals surface area contributed by atoms with Crippen molar-refractivity contribution in [3.05, 3.63) is 23.8 Å². The van der Waals surface area contributed by atoms with Crippen molar-refractivity contribution in [3.8, 4) is 11.5 Å². The SMILES string of the molecule is COc1ccc(OC)c(C(OC)C(C)C)c1. The first-order valence-electron chi connectivity index (χ1n) is 5.38. The monoisotopic (exact) mass is 224 g/mol.